The average molecular weight is 311 g/mol. The molecule has 1 N–H and O–H groups in total. The zero-order valence-corrected chi connectivity index (χ0v) is 13.2. The third kappa shape index (κ3) is 2.73. The molecule has 1 aromatic carbocycles. The first-order valence-electron chi connectivity index (χ1n) is 7.32. The maximum atomic E-state index is 12.6. The van der Waals surface area contributed by atoms with Crippen molar-refractivity contribution in [1.29, 1.82) is 0 Å². The Morgan fingerprint density at radius 3 is 2.74 bits per heavy atom. The Balaban J connectivity index is 2.03. The van der Waals surface area contributed by atoms with Crippen molar-refractivity contribution in [1.82, 2.24) is 19.6 Å². The van der Waals surface area contributed by atoms with Gasteiger partial charge in [0, 0.05) is 25.9 Å². The highest BCUT2D eigenvalue weighted by molar-refractivity contribution is 6.03. The summed E-state index contributed by atoms with van der Waals surface area (Å²) in [7, 11) is 1.71. The van der Waals surface area contributed by atoms with E-state index in [1.165, 1.54) is 4.68 Å². The number of rotatable bonds is 3. The van der Waals surface area contributed by atoms with Crippen LogP contribution < -0.4 is 10.7 Å². The van der Waals surface area contributed by atoms with Crippen LogP contribution in [0.25, 0.3) is 10.9 Å². The van der Waals surface area contributed by atoms with Crippen LogP contribution in [0, 0.1) is 6.92 Å². The third-order valence-electron chi connectivity index (χ3n) is 3.63. The van der Waals surface area contributed by atoms with Gasteiger partial charge in [-0.05, 0) is 26.0 Å². The molecule has 7 heteroatoms. The third-order valence-corrected chi connectivity index (χ3v) is 3.63. The Kier molecular flexibility index (Phi) is 3.69. The number of fused-ring (bicyclic) bond motifs is 1. The fraction of sp³-hybridized carbons (Fsp3) is 0.250. The maximum absolute atomic E-state index is 12.6. The monoisotopic (exact) mass is 311 g/mol. The van der Waals surface area contributed by atoms with Crippen molar-refractivity contribution >= 4 is 22.6 Å². The van der Waals surface area contributed by atoms with E-state index in [1.54, 1.807) is 30.1 Å². The predicted octanol–water partition coefficient (Wildman–Crippen LogP) is 1.71. The van der Waals surface area contributed by atoms with Crippen LogP contribution in [0.2, 0.25) is 0 Å². The van der Waals surface area contributed by atoms with Crippen LogP contribution in [0.4, 0.5) is 5.82 Å². The van der Waals surface area contributed by atoms with Gasteiger partial charge in [0.05, 0.1) is 10.9 Å². The molecule has 2 aromatic heterocycles. The molecular formula is C16H17N5O2. The molecule has 0 bridgehead atoms. The Morgan fingerprint density at radius 2 is 2.04 bits per heavy atom. The molecule has 0 fully saturated rings. The summed E-state index contributed by atoms with van der Waals surface area (Å²) in [5, 5.41) is 11.4. The number of amides is 1. The number of hydrogen-bond acceptors (Lipinski definition) is 4. The molecule has 3 aromatic rings. The quantitative estimate of drug-likeness (QED) is 0.798. The van der Waals surface area contributed by atoms with E-state index in [1.807, 2.05) is 26.0 Å². The Hall–Kier alpha value is -2.96. The van der Waals surface area contributed by atoms with Gasteiger partial charge in [-0.15, -0.1) is 0 Å². The summed E-state index contributed by atoms with van der Waals surface area (Å²) in [5.74, 6) is -0.166. The minimum Gasteiger partial charge on any atom is -0.304 e. The molecule has 1 amide bonds. The van der Waals surface area contributed by atoms with Gasteiger partial charge in [-0.25, -0.2) is 0 Å². The lowest BCUT2D eigenvalue weighted by molar-refractivity contribution is 0.101. The number of nitrogens with one attached hydrogen (secondary N) is 1. The molecule has 23 heavy (non-hydrogen) atoms. The first-order valence-corrected chi connectivity index (χ1v) is 7.32. The molecule has 7 nitrogen and oxygen atoms in total. The SMILES string of the molecule is CCn1ccc(NC(=O)c2nn(C)c3ccc(C)cc3c2=O)n1. The molecule has 2 heterocycles. The maximum Gasteiger partial charge on any atom is 0.281 e. The summed E-state index contributed by atoms with van der Waals surface area (Å²) in [6.07, 6.45) is 1.75. The molecule has 0 unspecified atom stereocenters. The molecule has 0 aliphatic rings. The summed E-state index contributed by atoms with van der Waals surface area (Å²) < 4.78 is 3.22. The van der Waals surface area contributed by atoms with Crippen molar-refractivity contribution < 1.29 is 4.79 Å². The molecule has 0 aliphatic heterocycles. The van der Waals surface area contributed by atoms with Crippen molar-refractivity contribution in [3.63, 3.8) is 0 Å². The number of aromatic nitrogens is 4. The van der Waals surface area contributed by atoms with E-state index in [-0.39, 0.29) is 11.1 Å². The van der Waals surface area contributed by atoms with Crippen LogP contribution in [0.3, 0.4) is 0 Å². The Bertz CT molecular complexity index is 955. The van der Waals surface area contributed by atoms with Crippen molar-refractivity contribution in [3.8, 4) is 0 Å². The second-order valence-corrected chi connectivity index (χ2v) is 5.33. The van der Waals surface area contributed by atoms with Crippen molar-refractivity contribution in [2.24, 2.45) is 7.05 Å². The Labute approximate surface area is 132 Å². The van der Waals surface area contributed by atoms with Gasteiger partial charge in [0.2, 0.25) is 5.43 Å². The zero-order valence-electron chi connectivity index (χ0n) is 13.2. The highest BCUT2D eigenvalue weighted by atomic mass is 16.2. The topological polar surface area (TPSA) is 81.8 Å². The van der Waals surface area contributed by atoms with Gasteiger partial charge >= 0.3 is 0 Å². The average Bonchev–Trinajstić information content (AvgIpc) is 2.98. The predicted molar refractivity (Wildman–Crippen MR) is 87.6 cm³/mol. The first-order chi connectivity index (χ1) is 11.0. The van der Waals surface area contributed by atoms with Gasteiger partial charge in [-0.3, -0.25) is 19.0 Å². The summed E-state index contributed by atoms with van der Waals surface area (Å²) in [6.45, 7) is 4.54. The van der Waals surface area contributed by atoms with E-state index in [2.05, 4.69) is 15.5 Å². The number of nitrogens with zero attached hydrogens (tertiary/aromatic N) is 4. The van der Waals surface area contributed by atoms with E-state index in [4.69, 9.17) is 0 Å². The number of hydrogen-bond donors (Lipinski definition) is 1. The number of benzene rings is 1. The van der Waals surface area contributed by atoms with Crippen molar-refractivity contribution in [2.75, 3.05) is 5.32 Å². The van der Waals surface area contributed by atoms with Crippen LogP contribution in [0.5, 0.6) is 0 Å². The van der Waals surface area contributed by atoms with Crippen LogP contribution in [-0.2, 0) is 13.6 Å². The van der Waals surface area contributed by atoms with E-state index in [0.717, 1.165) is 5.56 Å². The van der Waals surface area contributed by atoms with Gasteiger partial charge in [0.1, 0.15) is 0 Å². The van der Waals surface area contributed by atoms with Gasteiger partial charge in [-0.2, -0.15) is 10.2 Å². The van der Waals surface area contributed by atoms with Crippen LogP contribution >= 0.6 is 0 Å². The van der Waals surface area contributed by atoms with Gasteiger partial charge in [0.25, 0.3) is 5.91 Å². The van der Waals surface area contributed by atoms with Gasteiger partial charge in [0.15, 0.2) is 11.5 Å². The Morgan fingerprint density at radius 1 is 1.26 bits per heavy atom. The summed E-state index contributed by atoms with van der Waals surface area (Å²) in [5.41, 5.74) is 1.12. The molecule has 0 saturated heterocycles. The summed E-state index contributed by atoms with van der Waals surface area (Å²) in [6, 6.07) is 7.17. The minimum atomic E-state index is -0.560. The first kappa shape index (κ1) is 15.0. The molecule has 0 radical (unpaired) electrons. The number of anilines is 1. The molecule has 0 atom stereocenters. The largest absolute Gasteiger partial charge is 0.304 e. The lowest BCUT2D eigenvalue weighted by atomic mass is 10.1. The number of carbonyl (C=O) groups is 1. The van der Waals surface area contributed by atoms with Crippen LogP contribution in [0.15, 0.2) is 35.3 Å². The van der Waals surface area contributed by atoms with Crippen molar-refractivity contribution in [2.45, 2.75) is 20.4 Å². The second-order valence-electron chi connectivity index (χ2n) is 5.33. The molecule has 0 saturated carbocycles. The molecule has 3 rings (SSSR count). The van der Waals surface area contributed by atoms with E-state index < -0.39 is 5.91 Å². The lowest BCUT2D eigenvalue weighted by Crippen LogP contribution is -2.26. The fourth-order valence-corrected chi connectivity index (χ4v) is 2.42. The minimum absolute atomic E-state index is 0.142. The fourth-order valence-electron chi connectivity index (χ4n) is 2.42. The molecule has 118 valence electrons. The molecule has 0 spiro atoms. The standard InChI is InChI=1S/C16H17N5O2/c1-4-21-8-7-13(18-21)17-16(23)14-15(22)11-9-10(2)5-6-12(11)20(3)19-14/h5-9H,4H2,1-3H3,(H,17,18,23). The highest BCUT2D eigenvalue weighted by Gasteiger charge is 2.17. The molecular weight excluding hydrogens is 294 g/mol. The normalized spacial score (nSPS) is 10.9. The van der Waals surface area contributed by atoms with Crippen LogP contribution in [0.1, 0.15) is 23.0 Å². The second kappa shape index (κ2) is 5.68. The van der Waals surface area contributed by atoms with Crippen LogP contribution in [-0.4, -0.2) is 25.5 Å². The number of carbonyl (C=O) groups excluding carboxylic acids is 1. The van der Waals surface area contributed by atoms with E-state index >= 15 is 0 Å². The van der Waals surface area contributed by atoms with E-state index in [9.17, 15) is 9.59 Å². The summed E-state index contributed by atoms with van der Waals surface area (Å²) >= 11 is 0. The molecule has 0 aliphatic carbocycles. The van der Waals surface area contributed by atoms with E-state index in [0.29, 0.717) is 23.3 Å². The lowest BCUT2D eigenvalue weighted by Gasteiger charge is -2.08. The smallest absolute Gasteiger partial charge is 0.281 e. The number of aryl methyl sites for hydroxylation is 3. The summed E-state index contributed by atoms with van der Waals surface area (Å²) in [4.78, 5) is 24.9. The highest BCUT2D eigenvalue weighted by Crippen LogP contribution is 2.12. The van der Waals surface area contributed by atoms with Crippen molar-refractivity contribution in [3.05, 3.63) is 51.9 Å². The van der Waals surface area contributed by atoms with Gasteiger partial charge < -0.3 is 5.32 Å². The van der Waals surface area contributed by atoms with Gasteiger partial charge in [-0.1, -0.05) is 11.6 Å². The zero-order chi connectivity index (χ0) is 16.6.